The molecule has 0 aliphatic heterocycles. The van der Waals surface area contributed by atoms with Crippen LogP contribution in [-0.2, 0) is 0 Å². The van der Waals surface area contributed by atoms with Crippen molar-refractivity contribution < 1.29 is 0 Å². The quantitative estimate of drug-likeness (QED) is 0.171. The van der Waals surface area contributed by atoms with Crippen LogP contribution in [0, 0.1) is 0 Å². The molecular formula is C50H31N5S. The van der Waals surface area contributed by atoms with E-state index in [1.54, 1.807) is 11.3 Å². The number of benzene rings is 7. The van der Waals surface area contributed by atoms with Gasteiger partial charge in [-0.1, -0.05) is 146 Å². The lowest BCUT2D eigenvalue weighted by Gasteiger charge is -2.16. The second kappa shape index (κ2) is 13.2. The molecule has 4 aromatic heterocycles. The Morgan fingerprint density at radius 1 is 0.393 bits per heavy atom. The highest BCUT2D eigenvalue weighted by Crippen LogP contribution is 2.41. The third kappa shape index (κ3) is 5.38. The van der Waals surface area contributed by atoms with Gasteiger partial charge < -0.3 is 4.57 Å². The molecule has 0 aliphatic carbocycles. The first-order valence-corrected chi connectivity index (χ1v) is 19.4. The fourth-order valence-electron chi connectivity index (χ4n) is 7.95. The van der Waals surface area contributed by atoms with Crippen LogP contribution in [0.2, 0.25) is 0 Å². The Balaban J connectivity index is 1.12. The number of para-hydroxylation sites is 2. The third-order valence-electron chi connectivity index (χ3n) is 10.6. The molecular weight excluding hydrogens is 703 g/mol. The fraction of sp³-hybridized carbons (Fsp3) is 0. The van der Waals surface area contributed by atoms with Crippen LogP contribution in [0.3, 0.4) is 0 Å². The van der Waals surface area contributed by atoms with Crippen LogP contribution >= 0.6 is 11.3 Å². The number of thiophene rings is 1. The second-order valence-electron chi connectivity index (χ2n) is 13.9. The van der Waals surface area contributed by atoms with E-state index in [0.29, 0.717) is 17.5 Å². The molecule has 0 bridgehead atoms. The van der Waals surface area contributed by atoms with Crippen LogP contribution in [-0.4, -0.2) is 24.5 Å². The summed E-state index contributed by atoms with van der Waals surface area (Å²) < 4.78 is 4.85. The van der Waals surface area contributed by atoms with Gasteiger partial charge in [-0.15, -0.1) is 11.3 Å². The number of rotatable bonds is 6. The highest BCUT2D eigenvalue weighted by molar-refractivity contribution is 7.26. The van der Waals surface area contributed by atoms with Gasteiger partial charge >= 0.3 is 0 Å². The van der Waals surface area contributed by atoms with Gasteiger partial charge in [0.1, 0.15) is 0 Å². The average molecular weight is 734 g/mol. The van der Waals surface area contributed by atoms with Crippen molar-refractivity contribution >= 4 is 53.3 Å². The first kappa shape index (κ1) is 32.2. The summed E-state index contributed by atoms with van der Waals surface area (Å²) in [6.07, 6.45) is 3.83. The molecule has 0 saturated heterocycles. The van der Waals surface area contributed by atoms with Gasteiger partial charge in [-0.05, 0) is 47.0 Å². The van der Waals surface area contributed by atoms with E-state index in [-0.39, 0.29) is 0 Å². The molecule has 0 aliphatic rings. The lowest BCUT2D eigenvalue weighted by atomic mass is 10.00. The maximum Gasteiger partial charge on any atom is 0.164 e. The Kier molecular flexibility index (Phi) is 7.60. The first-order valence-electron chi connectivity index (χ1n) is 18.6. The van der Waals surface area contributed by atoms with Crippen molar-refractivity contribution in [2.45, 2.75) is 0 Å². The molecule has 11 aromatic rings. The van der Waals surface area contributed by atoms with Crippen molar-refractivity contribution in [3.8, 4) is 62.1 Å². The van der Waals surface area contributed by atoms with Crippen LogP contribution in [0.4, 0.5) is 0 Å². The van der Waals surface area contributed by atoms with Gasteiger partial charge in [-0.2, -0.15) is 0 Å². The molecule has 0 amide bonds. The first-order chi connectivity index (χ1) is 27.8. The zero-order valence-electron chi connectivity index (χ0n) is 30.0. The van der Waals surface area contributed by atoms with Gasteiger partial charge in [-0.25, -0.2) is 15.0 Å². The highest BCUT2D eigenvalue weighted by Gasteiger charge is 2.19. The molecule has 5 nitrogen and oxygen atoms in total. The predicted molar refractivity (Wildman–Crippen MR) is 232 cm³/mol. The van der Waals surface area contributed by atoms with Crippen LogP contribution < -0.4 is 0 Å². The summed E-state index contributed by atoms with van der Waals surface area (Å²) in [5, 5.41) is 4.82. The minimum Gasteiger partial charge on any atom is -0.309 e. The Morgan fingerprint density at radius 2 is 0.964 bits per heavy atom. The fourth-order valence-corrected chi connectivity index (χ4v) is 9.15. The maximum atomic E-state index is 5.24. The van der Waals surface area contributed by atoms with Crippen molar-refractivity contribution in [3.05, 3.63) is 188 Å². The van der Waals surface area contributed by atoms with Gasteiger partial charge in [0.25, 0.3) is 0 Å². The zero-order chi connectivity index (χ0) is 37.0. The summed E-state index contributed by atoms with van der Waals surface area (Å²) in [6.45, 7) is 0. The minimum atomic E-state index is 0.611. The molecule has 0 radical (unpaired) electrons. The van der Waals surface area contributed by atoms with Crippen molar-refractivity contribution in [1.82, 2.24) is 24.5 Å². The number of fused-ring (bicyclic) bond motifs is 6. The highest BCUT2D eigenvalue weighted by atomic mass is 32.1. The largest absolute Gasteiger partial charge is 0.309 e. The summed E-state index contributed by atoms with van der Waals surface area (Å²) in [5.74, 6) is 1.86. The molecule has 11 rings (SSSR count). The SMILES string of the molecule is c1ccc(-c2nc(-c3cccc(-c4cccc5c4sc4ccncc45)c3)nc(-c3ccc(-c4ccccc4)c(-n4c5ccccc5c5ccccc54)c3)n2)cc1. The predicted octanol–water partition coefficient (Wildman–Crippen LogP) is 13.1. The number of aromatic nitrogens is 5. The van der Waals surface area contributed by atoms with Gasteiger partial charge in [-0.3, -0.25) is 4.98 Å². The van der Waals surface area contributed by atoms with E-state index in [1.807, 2.05) is 30.6 Å². The van der Waals surface area contributed by atoms with E-state index >= 15 is 0 Å². The average Bonchev–Trinajstić information content (AvgIpc) is 3.83. The Morgan fingerprint density at radius 3 is 1.70 bits per heavy atom. The smallest absolute Gasteiger partial charge is 0.164 e. The minimum absolute atomic E-state index is 0.611. The van der Waals surface area contributed by atoms with E-state index in [2.05, 4.69) is 167 Å². The van der Waals surface area contributed by atoms with E-state index in [1.165, 1.54) is 36.5 Å². The van der Waals surface area contributed by atoms with Crippen molar-refractivity contribution in [1.29, 1.82) is 0 Å². The summed E-state index contributed by atoms with van der Waals surface area (Å²) in [7, 11) is 0. The molecule has 262 valence electrons. The third-order valence-corrected chi connectivity index (χ3v) is 11.8. The number of nitrogens with zero attached hydrogens (tertiary/aromatic N) is 5. The lowest BCUT2D eigenvalue weighted by molar-refractivity contribution is 1.07. The molecule has 0 fully saturated rings. The molecule has 0 saturated carbocycles. The van der Waals surface area contributed by atoms with Crippen LogP contribution in [0.15, 0.2) is 188 Å². The zero-order valence-corrected chi connectivity index (χ0v) is 30.9. The Bertz CT molecular complexity index is 3200. The molecule has 6 heteroatoms. The van der Waals surface area contributed by atoms with Gasteiger partial charge in [0.2, 0.25) is 0 Å². The van der Waals surface area contributed by atoms with Crippen molar-refractivity contribution in [2.75, 3.05) is 0 Å². The van der Waals surface area contributed by atoms with Crippen molar-refractivity contribution in [2.24, 2.45) is 0 Å². The van der Waals surface area contributed by atoms with Gasteiger partial charge in [0.05, 0.1) is 16.7 Å². The summed E-state index contributed by atoms with van der Waals surface area (Å²) in [6, 6.07) is 61.8. The van der Waals surface area contributed by atoms with E-state index in [0.717, 1.165) is 50.1 Å². The van der Waals surface area contributed by atoms with Gasteiger partial charge in [0.15, 0.2) is 17.5 Å². The van der Waals surface area contributed by atoms with E-state index in [4.69, 9.17) is 15.0 Å². The second-order valence-corrected chi connectivity index (χ2v) is 14.9. The maximum absolute atomic E-state index is 5.24. The van der Waals surface area contributed by atoms with E-state index < -0.39 is 0 Å². The molecule has 4 heterocycles. The molecule has 0 N–H and O–H groups in total. The van der Waals surface area contributed by atoms with E-state index in [9.17, 15) is 0 Å². The summed E-state index contributed by atoms with van der Waals surface area (Å²) >= 11 is 1.80. The standard InChI is InChI=1S/C50H31N5S/c1-3-13-32(14-4-1)37-26-25-36(30-45(37)55-43-23-9-7-19-39(43)40-20-8-10-24-44(40)55)50-53-48(33-15-5-2-6-16-33)52-49(54-50)35-18-11-17-34(29-35)38-21-12-22-41-42-31-51-28-27-46(42)56-47(38)41/h1-31H. The number of hydrogen-bond donors (Lipinski definition) is 0. The van der Waals surface area contributed by atoms with Gasteiger partial charge in [0, 0.05) is 65.6 Å². The normalized spacial score (nSPS) is 11.6. The summed E-state index contributed by atoms with van der Waals surface area (Å²) in [5.41, 5.74) is 10.7. The molecule has 0 atom stereocenters. The molecule has 0 spiro atoms. The molecule has 56 heavy (non-hydrogen) atoms. The molecule has 7 aromatic carbocycles. The number of hydrogen-bond acceptors (Lipinski definition) is 5. The lowest BCUT2D eigenvalue weighted by Crippen LogP contribution is -2.02. The van der Waals surface area contributed by atoms with Crippen LogP contribution in [0.1, 0.15) is 0 Å². The monoisotopic (exact) mass is 733 g/mol. The van der Waals surface area contributed by atoms with Crippen LogP contribution in [0.25, 0.3) is 104 Å². The van der Waals surface area contributed by atoms with Crippen molar-refractivity contribution in [3.63, 3.8) is 0 Å². The Hall–Kier alpha value is -7.28. The number of pyridine rings is 1. The molecule has 0 unspecified atom stereocenters. The van der Waals surface area contributed by atoms with Crippen LogP contribution in [0.5, 0.6) is 0 Å². The summed E-state index contributed by atoms with van der Waals surface area (Å²) in [4.78, 5) is 19.9. The topological polar surface area (TPSA) is 56.5 Å². The Labute approximate surface area is 326 Å².